The molecule has 1 N–H and O–H groups in total. The Morgan fingerprint density at radius 2 is 1.90 bits per heavy atom. The molecule has 0 fully saturated rings. The van der Waals surface area contributed by atoms with Gasteiger partial charge >= 0.3 is 0 Å². The number of rotatable bonds is 10. The highest BCUT2D eigenvalue weighted by Gasteiger charge is 2.28. The van der Waals surface area contributed by atoms with Crippen LogP contribution in [0.25, 0.3) is 0 Å². The quantitative estimate of drug-likeness (QED) is 0.547. The Morgan fingerprint density at radius 1 is 1.19 bits per heavy atom. The van der Waals surface area contributed by atoms with Gasteiger partial charge in [-0.15, -0.1) is 6.42 Å². The first-order chi connectivity index (χ1) is 14.6. The maximum Gasteiger partial charge on any atom is 0.264 e. The molecule has 0 radical (unpaired) electrons. The summed E-state index contributed by atoms with van der Waals surface area (Å²) in [6.45, 7) is 5.73. The average Bonchev–Trinajstić information content (AvgIpc) is 2.75. The number of nitrogens with zero attached hydrogens (tertiary/aromatic N) is 1. The fourth-order valence-electron chi connectivity index (χ4n) is 3.15. The summed E-state index contributed by atoms with van der Waals surface area (Å²) in [7, 11) is -5.10. The van der Waals surface area contributed by atoms with E-state index in [1.165, 1.54) is 22.5 Å². The van der Waals surface area contributed by atoms with Gasteiger partial charge in [0, 0.05) is 34.1 Å². The normalized spacial score (nSPS) is 12.4. The van der Waals surface area contributed by atoms with E-state index in [1.807, 2.05) is 20.8 Å². The number of aryl methyl sites for hydroxylation is 1. The number of benzene rings is 2. The fraction of sp³-hybridized carbons (Fsp3) is 0.391. The topological polar surface area (TPSA) is 83.9 Å². The molecule has 2 aromatic carbocycles. The molecular formula is C23H29NO5S2. The van der Waals surface area contributed by atoms with E-state index in [0.29, 0.717) is 28.3 Å². The van der Waals surface area contributed by atoms with E-state index in [9.17, 15) is 17.7 Å². The second kappa shape index (κ2) is 10.8. The molecule has 31 heavy (non-hydrogen) atoms. The standard InChI is InChI=1S/C23H29NO5S2/c1-6-12-29-23-11-9-21(14-19(23)16-25)31(27,28)24(15-17(3)4)22-10-8-20(30(5)26)13-18(22)7-2/h1,8-11,13-14,17,25H,7,12,15-16H2,2-5H3. The summed E-state index contributed by atoms with van der Waals surface area (Å²) in [6, 6.07) is 9.58. The number of anilines is 1. The zero-order valence-electron chi connectivity index (χ0n) is 18.3. The maximum atomic E-state index is 13.7. The van der Waals surface area contributed by atoms with Crippen LogP contribution >= 0.6 is 0 Å². The second-order valence-corrected chi connectivity index (χ2v) is 10.7. The van der Waals surface area contributed by atoms with Gasteiger partial charge in [0.1, 0.15) is 12.4 Å². The van der Waals surface area contributed by atoms with Gasteiger partial charge in [0.2, 0.25) is 0 Å². The minimum atomic E-state index is -3.93. The molecule has 0 amide bonds. The Balaban J connectivity index is 2.61. The van der Waals surface area contributed by atoms with Crippen LogP contribution in [0.15, 0.2) is 46.2 Å². The molecule has 0 heterocycles. The Morgan fingerprint density at radius 3 is 2.45 bits per heavy atom. The van der Waals surface area contributed by atoms with Crippen molar-refractivity contribution in [2.45, 2.75) is 43.6 Å². The molecule has 2 rings (SSSR count). The van der Waals surface area contributed by atoms with Gasteiger partial charge in [0.25, 0.3) is 10.0 Å². The number of aliphatic hydroxyl groups is 1. The molecule has 8 heteroatoms. The molecule has 0 aromatic heterocycles. The van der Waals surface area contributed by atoms with Crippen LogP contribution in [0.4, 0.5) is 5.69 Å². The van der Waals surface area contributed by atoms with Gasteiger partial charge in [-0.2, -0.15) is 0 Å². The molecule has 0 aliphatic carbocycles. The first kappa shape index (κ1) is 24.9. The van der Waals surface area contributed by atoms with Crippen LogP contribution in [0.3, 0.4) is 0 Å². The summed E-state index contributed by atoms with van der Waals surface area (Å²) in [5.41, 5.74) is 1.70. The van der Waals surface area contributed by atoms with E-state index < -0.39 is 20.8 Å². The first-order valence-corrected chi connectivity index (χ1v) is 12.9. The van der Waals surface area contributed by atoms with Gasteiger partial charge in [0.05, 0.1) is 17.2 Å². The highest BCUT2D eigenvalue weighted by atomic mass is 32.2. The lowest BCUT2D eigenvalue weighted by Gasteiger charge is -2.28. The lowest BCUT2D eigenvalue weighted by Crippen LogP contribution is -2.35. The third-order valence-corrected chi connectivity index (χ3v) is 7.36. The van der Waals surface area contributed by atoms with E-state index in [0.717, 1.165) is 5.56 Å². The van der Waals surface area contributed by atoms with Crippen molar-refractivity contribution >= 4 is 26.5 Å². The van der Waals surface area contributed by atoms with Gasteiger partial charge in [-0.3, -0.25) is 8.51 Å². The summed E-state index contributed by atoms with van der Waals surface area (Å²) in [4.78, 5) is 0.704. The van der Waals surface area contributed by atoms with Crippen molar-refractivity contribution in [3.8, 4) is 18.1 Å². The molecule has 1 unspecified atom stereocenters. The summed E-state index contributed by atoms with van der Waals surface area (Å²) >= 11 is 0. The summed E-state index contributed by atoms with van der Waals surface area (Å²) in [5.74, 6) is 2.76. The SMILES string of the molecule is C#CCOc1ccc(S(=O)(=O)N(CC(C)C)c2ccc(S(C)=O)cc2CC)cc1CO. The number of sulfonamides is 1. The number of hydrogen-bond donors (Lipinski definition) is 1. The summed E-state index contributed by atoms with van der Waals surface area (Å²) in [6.07, 6.45) is 7.40. The molecule has 0 aliphatic rings. The van der Waals surface area contributed by atoms with Crippen molar-refractivity contribution in [2.24, 2.45) is 5.92 Å². The van der Waals surface area contributed by atoms with Crippen LogP contribution in [-0.4, -0.2) is 37.1 Å². The Kier molecular flexibility index (Phi) is 8.69. The van der Waals surface area contributed by atoms with Crippen LogP contribution in [0.5, 0.6) is 5.75 Å². The Hall–Kier alpha value is -2.34. The third-order valence-electron chi connectivity index (χ3n) is 4.66. The van der Waals surface area contributed by atoms with Crippen molar-refractivity contribution in [3.63, 3.8) is 0 Å². The van der Waals surface area contributed by atoms with Crippen LogP contribution < -0.4 is 9.04 Å². The molecule has 0 saturated carbocycles. The van der Waals surface area contributed by atoms with E-state index in [-0.39, 0.29) is 30.6 Å². The largest absolute Gasteiger partial charge is 0.481 e. The van der Waals surface area contributed by atoms with Crippen LogP contribution in [0.1, 0.15) is 31.9 Å². The zero-order chi connectivity index (χ0) is 23.2. The van der Waals surface area contributed by atoms with Gasteiger partial charge in [-0.25, -0.2) is 8.42 Å². The van der Waals surface area contributed by atoms with Gasteiger partial charge < -0.3 is 9.84 Å². The van der Waals surface area contributed by atoms with Crippen molar-refractivity contribution in [1.29, 1.82) is 0 Å². The Labute approximate surface area is 187 Å². The van der Waals surface area contributed by atoms with Crippen LogP contribution in [-0.2, 0) is 33.9 Å². The molecular weight excluding hydrogens is 434 g/mol. The molecule has 0 saturated heterocycles. The minimum Gasteiger partial charge on any atom is -0.481 e. The molecule has 168 valence electrons. The molecule has 1 atom stereocenters. The van der Waals surface area contributed by atoms with Crippen molar-refractivity contribution in [3.05, 3.63) is 47.5 Å². The monoisotopic (exact) mass is 463 g/mol. The molecule has 2 aromatic rings. The second-order valence-electron chi connectivity index (χ2n) is 7.45. The number of hydrogen-bond acceptors (Lipinski definition) is 5. The minimum absolute atomic E-state index is 0.0174. The van der Waals surface area contributed by atoms with Crippen LogP contribution in [0.2, 0.25) is 0 Å². The number of terminal acetylenes is 1. The first-order valence-electron chi connectivity index (χ1n) is 9.94. The van der Waals surface area contributed by atoms with E-state index in [1.54, 1.807) is 24.5 Å². The fourth-order valence-corrected chi connectivity index (χ4v) is 5.44. The predicted octanol–water partition coefficient (Wildman–Crippen LogP) is 3.34. The highest BCUT2D eigenvalue weighted by molar-refractivity contribution is 7.92. The molecule has 0 spiro atoms. The highest BCUT2D eigenvalue weighted by Crippen LogP contribution is 2.32. The maximum absolute atomic E-state index is 13.7. The van der Waals surface area contributed by atoms with Crippen molar-refractivity contribution in [2.75, 3.05) is 23.7 Å². The number of aliphatic hydroxyl groups excluding tert-OH is 1. The molecule has 0 bridgehead atoms. The lowest BCUT2D eigenvalue weighted by atomic mass is 10.1. The van der Waals surface area contributed by atoms with Crippen molar-refractivity contribution < 1.29 is 22.5 Å². The van der Waals surface area contributed by atoms with E-state index >= 15 is 0 Å². The third kappa shape index (κ3) is 5.88. The van der Waals surface area contributed by atoms with Crippen molar-refractivity contribution in [1.82, 2.24) is 0 Å². The Bertz CT molecular complexity index is 1090. The van der Waals surface area contributed by atoms with Gasteiger partial charge in [0.15, 0.2) is 0 Å². The average molecular weight is 464 g/mol. The summed E-state index contributed by atoms with van der Waals surface area (Å²) < 4.78 is 46.0. The van der Waals surface area contributed by atoms with Gasteiger partial charge in [-0.1, -0.05) is 26.7 Å². The van der Waals surface area contributed by atoms with Gasteiger partial charge in [-0.05, 0) is 54.3 Å². The van der Waals surface area contributed by atoms with E-state index in [2.05, 4.69) is 5.92 Å². The molecule has 0 aliphatic heterocycles. The van der Waals surface area contributed by atoms with E-state index in [4.69, 9.17) is 11.2 Å². The number of ether oxygens (including phenoxy) is 1. The summed E-state index contributed by atoms with van der Waals surface area (Å²) in [5, 5.41) is 9.70. The predicted molar refractivity (Wildman–Crippen MR) is 124 cm³/mol. The van der Waals surface area contributed by atoms with Crippen LogP contribution in [0, 0.1) is 18.3 Å². The zero-order valence-corrected chi connectivity index (χ0v) is 19.9. The molecule has 6 nitrogen and oxygen atoms in total. The lowest BCUT2D eigenvalue weighted by molar-refractivity contribution is 0.270. The smallest absolute Gasteiger partial charge is 0.264 e.